The lowest BCUT2D eigenvalue weighted by Crippen LogP contribution is -2.35. The summed E-state index contributed by atoms with van der Waals surface area (Å²) in [5.41, 5.74) is -0.549. The van der Waals surface area contributed by atoms with E-state index in [0.29, 0.717) is 0 Å². The first-order chi connectivity index (χ1) is 6.83. The number of aliphatic hydroxyl groups excluding tert-OH is 1. The summed E-state index contributed by atoms with van der Waals surface area (Å²) in [5, 5.41) is 18.1. The second-order valence-corrected chi connectivity index (χ2v) is 4.69. The third-order valence-corrected chi connectivity index (χ3v) is 2.11. The molecule has 1 amide bonds. The van der Waals surface area contributed by atoms with Gasteiger partial charge in [0.2, 0.25) is 0 Å². The molecule has 0 radical (unpaired) electrons. The minimum atomic E-state index is -0.762. The van der Waals surface area contributed by atoms with Crippen LogP contribution in [0.3, 0.4) is 0 Å². The number of ether oxygens (including phenoxy) is 1. The number of carbonyl (C=O) groups excluding carboxylic acids is 1. The normalized spacial score (nSPS) is 26.2. The van der Waals surface area contributed by atoms with E-state index in [1.54, 1.807) is 20.8 Å². The minimum absolute atomic E-state index is 0.174. The van der Waals surface area contributed by atoms with Crippen LogP contribution in [0.2, 0.25) is 0 Å². The average Bonchev–Trinajstić information content (AvgIpc) is 2.43. The molecular formula is C10H16N2O3. The first kappa shape index (κ1) is 11.8. The van der Waals surface area contributed by atoms with Crippen molar-refractivity contribution in [1.29, 1.82) is 5.26 Å². The third kappa shape index (κ3) is 3.10. The third-order valence-electron chi connectivity index (χ3n) is 2.11. The molecule has 5 heteroatoms. The summed E-state index contributed by atoms with van der Waals surface area (Å²) < 4.78 is 5.13. The zero-order valence-electron chi connectivity index (χ0n) is 9.23. The number of hydrogen-bond donors (Lipinski definition) is 1. The zero-order valence-corrected chi connectivity index (χ0v) is 9.23. The number of carbonyl (C=O) groups is 1. The van der Waals surface area contributed by atoms with Crippen LogP contribution in [0.25, 0.3) is 0 Å². The molecule has 0 spiro atoms. The molecule has 1 N–H and O–H groups in total. The maximum atomic E-state index is 11.6. The predicted octanol–water partition coefficient (Wildman–Crippen LogP) is 0.738. The molecule has 1 saturated heterocycles. The van der Waals surface area contributed by atoms with Crippen LogP contribution in [0.15, 0.2) is 0 Å². The van der Waals surface area contributed by atoms with Crippen LogP contribution in [0, 0.1) is 17.2 Å². The van der Waals surface area contributed by atoms with Crippen LogP contribution in [-0.4, -0.2) is 40.9 Å². The van der Waals surface area contributed by atoms with Gasteiger partial charge in [0.05, 0.1) is 24.6 Å². The Balaban J connectivity index is 2.54. The van der Waals surface area contributed by atoms with Gasteiger partial charge in [0, 0.05) is 6.54 Å². The van der Waals surface area contributed by atoms with E-state index in [1.807, 2.05) is 6.07 Å². The zero-order chi connectivity index (χ0) is 11.6. The van der Waals surface area contributed by atoms with E-state index in [1.165, 1.54) is 4.90 Å². The van der Waals surface area contributed by atoms with Gasteiger partial charge in [0.1, 0.15) is 5.60 Å². The quantitative estimate of drug-likeness (QED) is 0.642. The topological polar surface area (TPSA) is 73.6 Å². The van der Waals surface area contributed by atoms with E-state index in [2.05, 4.69) is 0 Å². The summed E-state index contributed by atoms with van der Waals surface area (Å²) in [6, 6.07) is 1.96. The van der Waals surface area contributed by atoms with Crippen LogP contribution < -0.4 is 0 Å². The van der Waals surface area contributed by atoms with E-state index >= 15 is 0 Å². The van der Waals surface area contributed by atoms with Crippen molar-refractivity contribution in [3.8, 4) is 6.07 Å². The van der Waals surface area contributed by atoms with E-state index < -0.39 is 23.7 Å². The molecule has 1 aliphatic rings. The van der Waals surface area contributed by atoms with Crippen molar-refractivity contribution in [2.24, 2.45) is 5.92 Å². The van der Waals surface area contributed by atoms with Gasteiger partial charge in [-0.1, -0.05) is 0 Å². The highest BCUT2D eigenvalue weighted by Gasteiger charge is 2.36. The highest BCUT2D eigenvalue weighted by atomic mass is 16.6. The van der Waals surface area contributed by atoms with Crippen LogP contribution in [0.4, 0.5) is 4.79 Å². The second kappa shape index (κ2) is 4.07. The van der Waals surface area contributed by atoms with Gasteiger partial charge in [-0.25, -0.2) is 4.79 Å². The highest BCUT2D eigenvalue weighted by Crippen LogP contribution is 2.19. The number of β-amino-alcohol motifs (C(OH)–C–C–N with tert-alkyl or cyclic N) is 1. The Labute approximate surface area is 89.2 Å². The fourth-order valence-corrected chi connectivity index (χ4v) is 1.39. The number of nitriles is 1. The Morgan fingerprint density at radius 2 is 2.13 bits per heavy atom. The lowest BCUT2D eigenvalue weighted by Gasteiger charge is -2.24. The Morgan fingerprint density at radius 1 is 1.53 bits per heavy atom. The van der Waals surface area contributed by atoms with Crippen LogP contribution >= 0.6 is 0 Å². The van der Waals surface area contributed by atoms with E-state index in [0.717, 1.165) is 0 Å². The molecule has 1 heterocycles. The molecule has 0 aromatic heterocycles. The number of rotatable bonds is 0. The molecule has 0 saturated carbocycles. The molecule has 0 unspecified atom stereocenters. The number of aliphatic hydroxyl groups is 1. The minimum Gasteiger partial charge on any atom is -0.444 e. The molecular weight excluding hydrogens is 196 g/mol. The van der Waals surface area contributed by atoms with Crippen molar-refractivity contribution < 1.29 is 14.6 Å². The molecule has 0 bridgehead atoms. The monoisotopic (exact) mass is 212 g/mol. The van der Waals surface area contributed by atoms with Crippen molar-refractivity contribution in [3.63, 3.8) is 0 Å². The van der Waals surface area contributed by atoms with Gasteiger partial charge in [0.15, 0.2) is 0 Å². The lowest BCUT2D eigenvalue weighted by atomic mass is 10.1. The van der Waals surface area contributed by atoms with Crippen molar-refractivity contribution in [2.45, 2.75) is 32.5 Å². The number of nitrogens with zero attached hydrogens (tertiary/aromatic N) is 2. The van der Waals surface area contributed by atoms with Gasteiger partial charge >= 0.3 is 6.09 Å². The molecule has 84 valence electrons. The molecule has 1 aliphatic heterocycles. The molecule has 0 aromatic carbocycles. The Kier molecular flexibility index (Phi) is 3.20. The summed E-state index contributed by atoms with van der Waals surface area (Å²) in [7, 11) is 0. The molecule has 5 nitrogen and oxygen atoms in total. The first-order valence-electron chi connectivity index (χ1n) is 4.89. The Hall–Kier alpha value is -1.28. The van der Waals surface area contributed by atoms with Gasteiger partial charge < -0.3 is 14.7 Å². The SMILES string of the molecule is CC(C)(C)OC(=O)N1C[C@@H](O)[C@@H](C#N)C1. The van der Waals surface area contributed by atoms with Crippen molar-refractivity contribution in [2.75, 3.05) is 13.1 Å². The van der Waals surface area contributed by atoms with Crippen molar-refractivity contribution in [3.05, 3.63) is 0 Å². The number of amides is 1. The van der Waals surface area contributed by atoms with Crippen LogP contribution in [0.1, 0.15) is 20.8 Å². The summed E-state index contributed by atoms with van der Waals surface area (Å²) in [6.45, 7) is 5.75. The van der Waals surface area contributed by atoms with Crippen molar-refractivity contribution >= 4 is 6.09 Å². The molecule has 0 aromatic rings. The van der Waals surface area contributed by atoms with Crippen molar-refractivity contribution in [1.82, 2.24) is 4.90 Å². The second-order valence-electron chi connectivity index (χ2n) is 4.69. The molecule has 0 aliphatic carbocycles. The van der Waals surface area contributed by atoms with E-state index in [4.69, 9.17) is 10.00 Å². The number of hydrogen-bond acceptors (Lipinski definition) is 4. The summed E-state index contributed by atoms with van der Waals surface area (Å²) in [4.78, 5) is 12.9. The fourth-order valence-electron chi connectivity index (χ4n) is 1.39. The Bertz CT molecular complexity index is 290. The lowest BCUT2D eigenvalue weighted by molar-refractivity contribution is 0.0270. The average molecular weight is 212 g/mol. The molecule has 1 rings (SSSR count). The van der Waals surface area contributed by atoms with Gasteiger partial charge in [-0.3, -0.25) is 0 Å². The first-order valence-corrected chi connectivity index (χ1v) is 4.89. The number of likely N-dealkylation sites (tertiary alicyclic amines) is 1. The van der Waals surface area contributed by atoms with Crippen LogP contribution in [-0.2, 0) is 4.74 Å². The van der Waals surface area contributed by atoms with Gasteiger partial charge in [0.25, 0.3) is 0 Å². The fraction of sp³-hybridized carbons (Fsp3) is 0.800. The molecule has 1 fully saturated rings. The van der Waals surface area contributed by atoms with E-state index in [9.17, 15) is 9.90 Å². The predicted molar refractivity (Wildman–Crippen MR) is 52.9 cm³/mol. The molecule has 2 atom stereocenters. The van der Waals surface area contributed by atoms with Crippen LogP contribution in [0.5, 0.6) is 0 Å². The maximum absolute atomic E-state index is 11.6. The largest absolute Gasteiger partial charge is 0.444 e. The standard InChI is InChI=1S/C10H16N2O3/c1-10(2,3)15-9(14)12-5-7(4-11)8(13)6-12/h7-8,13H,5-6H2,1-3H3/t7-,8+/m0/s1. The van der Waals surface area contributed by atoms with E-state index in [-0.39, 0.29) is 13.1 Å². The summed E-state index contributed by atoms with van der Waals surface area (Å²) >= 11 is 0. The molecule has 15 heavy (non-hydrogen) atoms. The maximum Gasteiger partial charge on any atom is 0.410 e. The summed E-state index contributed by atoms with van der Waals surface area (Å²) in [5.74, 6) is -0.502. The Morgan fingerprint density at radius 3 is 2.53 bits per heavy atom. The van der Waals surface area contributed by atoms with Gasteiger partial charge in [-0.2, -0.15) is 5.26 Å². The van der Waals surface area contributed by atoms with Gasteiger partial charge in [-0.05, 0) is 20.8 Å². The van der Waals surface area contributed by atoms with Gasteiger partial charge in [-0.15, -0.1) is 0 Å². The summed E-state index contributed by atoms with van der Waals surface area (Å²) in [6.07, 6.45) is -1.23. The highest BCUT2D eigenvalue weighted by molar-refractivity contribution is 5.68. The smallest absolute Gasteiger partial charge is 0.410 e.